The quantitative estimate of drug-likeness (QED) is 0.220. The van der Waals surface area contributed by atoms with Crippen molar-refractivity contribution in [3.05, 3.63) is 78.1 Å². The lowest BCUT2D eigenvalue weighted by molar-refractivity contribution is 0.0736. The fourth-order valence-corrected chi connectivity index (χ4v) is 4.41. The average Bonchev–Trinajstić information content (AvgIpc) is 2.95. The van der Waals surface area contributed by atoms with E-state index in [9.17, 15) is 5.11 Å². The van der Waals surface area contributed by atoms with Crippen molar-refractivity contribution >= 4 is 22.4 Å². The van der Waals surface area contributed by atoms with Gasteiger partial charge in [0.2, 0.25) is 0 Å². The molecular formula is C31H32N4O4. The Labute approximate surface area is 228 Å². The summed E-state index contributed by atoms with van der Waals surface area (Å²) in [4.78, 5) is 8.98. The molecule has 8 nitrogen and oxygen atoms in total. The molecule has 1 atom stereocenters. The number of nitrogens with one attached hydrogen (secondary N) is 2. The second-order valence-electron chi connectivity index (χ2n) is 9.51. The van der Waals surface area contributed by atoms with E-state index in [-0.39, 0.29) is 0 Å². The average molecular weight is 525 g/mol. The monoisotopic (exact) mass is 524 g/mol. The van der Waals surface area contributed by atoms with Gasteiger partial charge >= 0.3 is 0 Å². The van der Waals surface area contributed by atoms with E-state index in [2.05, 4.69) is 32.4 Å². The maximum Gasteiger partial charge on any atom is 0.141 e. The molecule has 1 aromatic heterocycles. The zero-order valence-corrected chi connectivity index (χ0v) is 22.2. The van der Waals surface area contributed by atoms with Gasteiger partial charge in [-0.05, 0) is 68.3 Å². The highest BCUT2D eigenvalue weighted by molar-refractivity contribution is 5.93. The molecule has 0 radical (unpaired) electrons. The molecule has 5 rings (SSSR count). The van der Waals surface area contributed by atoms with Crippen molar-refractivity contribution in [2.45, 2.75) is 25.4 Å². The van der Waals surface area contributed by atoms with Crippen molar-refractivity contribution in [1.82, 2.24) is 15.3 Å². The Hall–Kier alpha value is -4.16. The molecular weight excluding hydrogens is 492 g/mol. The molecule has 1 aliphatic heterocycles. The molecule has 2 heterocycles. The lowest BCUT2D eigenvalue weighted by Gasteiger charge is -2.27. The number of para-hydroxylation sites is 1. The molecule has 4 aromatic rings. The molecule has 0 saturated carbocycles. The normalized spacial score (nSPS) is 16.8. The molecule has 0 bridgehead atoms. The molecule has 1 saturated heterocycles. The van der Waals surface area contributed by atoms with Gasteiger partial charge in [-0.25, -0.2) is 9.97 Å². The van der Waals surface area contributed by atoms with Crippen LogP contribution < -0.4 is 20.1 Å². The van der Waals surface area contributed by atoms with Crippen molar-refractivity contribution in [2.24, 2.45) is 0 Å². The molecule has 0 amide bonds. The van der Waals surface area contributed by atoms with E-state index in [1.165, 1.54) is 6.33 Å². The number of ether oxygens (including phenoxy) is 3. The van der Waals surface area contributed by atoms with E-state index in [4.69, 9.17) is 14.2 Å². The van der Waals surface area contributed by atoms with Crippen LogP contribution in [0.15, 0.2) is 67.0 Å². The van der Waals surface area contributed by atoms with Gasteiger partial charge in [-0.3, -0.25) is 0 Å². The van der Waals surface area contributed by atoms with E-state index in [0.717, 1.165) is 41.1 Å². The molecule has 3 N–H and O–H groups in total. The molecule has 8 heteroatoms. The number of hydrogen-bond acceptors (Lipinski definition) is 8. The Morgan fingerprint density at radius 2 is 1.92 bits per heavy atom. The topological polar surface area (TPSA) is 97.8 Å². The van der Waals surface area contributed by atoms with E-state index < -0.39 is 5.60 Å². The van der Waals surface area contributed by atoms with Crippen molar-refractivity contribution in [3.8, 4) is 29.1 Å². The zero-order chi connectivity index (χ0) is 27.1. The number of fused-ring (bicyclic) bond motifs is 1. The minimum absolute atomic E-state index is 0.370. The number of nitrogens with zero attached hydrogens (tertiary/aromatic N) is 2. The first-order valence-electron chi connectivity index (χ1n) is 13.0. The summed E-state index contributed by atoms with van der Waals surface area (Å²) < 4.78 is 17.1. The zero-order valence-electron chi connectivity index (χ0n) is 22.2. The number of piperidine rings is 1. The van der Waals surface area contributed by atoms with Gasteiger partial charge < -0.3 is 30.0 Å². The molecule has 1 fully saturated rings. The summed E-state index contributed by atoms with van der Waals surface area (Å²) in [6.07, 6.45) is 3.02. The van der Waals surface area contributed by atoms with Gasteiger partial charge in [0.25, 0.3) is 0 Å². The Balaban J connectivity index is 1.45. The second-order valence-corrected chi connectivity index (χ2v) is 9.51. The van der Waals surface area contributed by atoms with Gasteiger partial charge in [0.1, 0.15) is 41.6 Å². The lowest BCUT2D eigenvalue weighted by atomic mass is 9.94. The number of benzene rings is 3. The van der Waals surface area contributed by atoms with Crippen molar-refractivity contribution in [3.63, 3.8) is 0 Å². The van der Waals surface area contributed by atoms with Crippen LogP contribution in [0.1, 0.15) is 24.0 Å². The van der Waals surface area contributed by atoms with Crippen LogP contribution in [0.4, 0.5) is 11.5 Å². The van der Waals surface area contributed by atoms with E-state index >= 15 is 0 Å². The Morgan fingerprint density at radius 1 is 1.05 bits per heavy atom. The lowest BCUT2D eigenvalue weighted by Crippen LogP contribution is -2.44. The van der Waals surface area contributed by atoms with Crippen LogP contribution in [0.25, 0.3) is 10.9 Å². The first kappa shape index (κ1) is 26.4. The molecule has 1 unspecified atom stereocenters. The number of β-amino-alcohol motifs (C(OH)–C–C–N with tert-alkyl or cyclic N) is 1. The Bertz CT molecular complexity index is 1490. The maximum absolute atomic E-state index is 10.9. The Morgan fingerprint density at radius 3 is 2.69 bits per heavy atom. The number of anilines is 2. The van der Waals surface area contributed by atoms with Gasteiger partial charge in [0, 0.05) is 30.8 Å². The fraction of sp³-hybridized carbons (Fsp3) is 0.290. The van der Waals surface area contributed by atoms with Gasteiger partial charge in [-0.15, -0.1) is 0 Å². The van der Waals surface area contributed by atoms with Crippen LogP contribution >= 0.6 is 0 Å². The summed E-state index contributed by atoms with van der Waals surface area (Å²) in [7, 11) is 1.63. The van der Waals surface area contributed by atoms with Crippen molar-refractivity contribution < 1.29 is 19.3 Å². The molecule has 0 aliphatic carbocycles. The molecule has 200 valence electrons. The molecule has 3 aromatic carbocycles. The van der Waals surface area contributed by atoms with E-state index in [0.29, 0.717) is 48.8 Å². The van der Waals surface area contributed by atoms with Gasteiger partial charge in [0.05, 0.1) is 17.7 Å². The van der Waals surface area contributed by atoms with Crippen molar-refractivity contribution in [1.29, 1.82) is 0 Å². The van der Waals surface area contributed by atoms with E-state index in [1.54, 1.807) is 7.11 Å². The number of hydrogen-bond donors (Lipinski definition) is 3. The fourth-order valence-electron chi connectivity index (χ4n) is 4.41. The highest BCUT2D eigenvalue weighted by Gasteiger charge is 2.26. The van der Waals surface area contributed by atoms with Crippen LogP contribution in [-0.2, 0) is 4.74 Å². The van der Waals surface area contributed by atoms with Crippen molar-refractivity contribution in [2.75, 3.05) is 38.7 Å². The summed E-state index contributed by atoms with van der Waals surface area (Å²) in [5.41, 5.74) is 2.13. The number of aliphatic hydroxyl groups is 1. The standard InChI is InChI=1S/C31H32N4O4/c1-22-17-24(9-10-28(22)39-25-7-4-3-5-8-25)35-30-26-18-23(11-13-31(36)12-6-14-32-20-31)29(38-16-15-37-2)19-27(26)33-21-34-30/h3-5,7-10,17-19,21,32,36H,6,12,14-16,20H2,1-2H3,(H,33,34,35). The summed E-state index contributed by atoms with van der Waals surface area (Å²) in [6, 6.07) is 19.4. The third kappa shape index (κ3) is 6.65. The largest absolute Gasteiger partial charge is 0.490 e. The van der Waals surface area contributed by atoms with Gasteiger partial charge in [-0.1, -0.05) is 30.0 Å². The van der Waals surface area contributed by atoms with E-state index in [1.807, 2.05) is 67.6 Å². The maximum atomic E-state index is 10.9. The summed E-state index contributed by atoms with van der Waals surface area (Å²) in [6.45, 7) is 4.14. The first-order chi connectivity index (χ1) is 19.0. The molecule has 39 heavy (non-hydrogen) atoms. The predicted octanol–water partition coefficient (Wildman–Crippen LogP) is 4.97. The van der Waals surface area contributed by atoms with Gasteiger partial charge in [0.15, 0.2) is 0 Å². The highest BCUT2D eigenvalue weighted by atomic mass is 16.5. The van der Waals surface area contributed by atoms with Crippen LogP contribution in [0, 0.1) is 18.8 Å². The number of aromatic nitrogens is 2. The summed E-state index contributed by atoms with van der Waals surface area (Å²) >= 11 is 0. The van der Waals surface area contributed by atoms with Gasteiger partial charge in [-0.2, -0.15) is 0 Å². The molecule has 1 aliphatic rings. The summed E-state index contributed by atoms with van der Waals surface area (Å²) in [5.74, 6) is 9.03. The van der Waals surface area contributed by atoms with Crippen LogP contribution in [0.2, 0.25) is 0 Å². The SMILES string of the molecule is COCCOc1cc2ncnc(Nc3ccc(Oc4ccccc4)c(C)c3)c2cc1C#CC1(O)CCCNC1. The number of aryl methyl sites for hydroxylation is 1. The van der Waals surface area contributed by atoms with Crippen LogP contribution in [0.3, 0.4) is 0 Å². The number of rotatable bonds is 8. The minimum atomic E-state index is -1.08. The summed E-state index contributed by atoms with van der Waals surface area (Å²) in [5, 5.41) is 18.3. The third-order valence-corrected chi connectivity index (χ3v) is 6.48. The van der Waals surface area contributed by atoms with Crippen LogP contribution in [0.5, 0.6) is 17.2 Å². The Kier molecular flexibility index (Phi) is 8.23. The molecule has 0 spiro atoms. The van der Waals surface area contributed by atoms with Crippen LogP contribution in [-0.4, -0.2) is 54.1 Å². The third-order valence-electron chi connectivity index (χ3n) is 6.48. The second kappa shape index (κ2) is 12.1. The first-order valence-corrected chi connectivity index (χ1v) is 13.0. The number of methoxy groups -OCH3 is 1. The smallest absolute Gasteiger partial charge is 0.141 e. The highest BCUT2D eigenvalue weighted by Crippen LogP contribution is 2.32. The predicted molar refractivity (Wildman–Crippen MR) is 152 cm³/mol. The minimum Gasteiger partial charge on any atom is -0.490 e.